The van der Waals surface area contributed by atoms with Gasteiger partial charge >= 0.3 is 0 Å². The molecule has 0 spiro atoms. The Balaban J connectivity index is 1.51. The first-order valence-corrected chi connectivity index (χ1v) is 21.7. The van der Waals surface area contributed by atoms with Crippen LogP contribution in [0.2, 0.25) is 6.82 Å². The van der Waals surface area contributed by atoms with Gasteiger partial charge in [0.15, 0.2) is 21.8 Å². The highest BCUT2D eigenvalue weighted by molar-refractivity contribution is 7.95. The molecule has 21 heteroatoms. The zero-order valence-electron chi connectivity index (χ0n) is 28.5. The Morgan fingerprint density at radius 3 is 1.78 bits per heavy atom. The van der Waals surface area contributed by atoms with Crippen LogP contribution in [0.1, 0.15) is 11.1 Å². The minimum absolute atomic E-state index is 0.00679. The third-order valence-corrected chi connectivity index (χ3v) is 13.5. The second-order valence-electron chi connectivity index (χ2n) is 12.1. The molecular weight excluding hydrogens is 797 g/mol. The van der Waals surface area contributed by atoms with Crippen molar-refractivity contribution in [3.63, 3.8) is 0 Å². The van der Waals surface area contributed by atoms with Crippen molar-refractivity contribution in [1.82, 2.24) is 0 Å². The summed E-state index contributed by atoms with van der Waals surface area (Å²) < 4.78 is 106. The van der Waals surface area contributed by atoms with Gasteiger partial charge in [-0.1, -0.05) is 88.7 Å². The van der Waals surface area contributed by atoms with Gasteiger partial charge in [0.1, 0.15) is 0 Å². The lowest BCUT2D eigenvalue weighted by molar-refractivity contribution is -0.116. The maximum Gasteiger partial charge on any atom is 0.294 e. The average Bonchev–Trinajstić information content (AvgIpc) is 3.12. The van der Waals surface area contributed by atoms with E-state index in [0.29, 0.717) is 69.4 Å². The van der Waals surface area contributed by atoms with Crippen molar-refractivity contribution in [1.29, 1.82) is 0 Å². The highest BCUT2D eigenvalue weighted by Crippen LogP contribution is 2.30. The lowest BCUT2D eigenvalue weighted by Crippen LogP contribution is -2.34. The maximum absolute atomic E-state index is 13.5. The number of hydrogen-bond donors (Lipinski definition) is 5. The van der Waals surface area contributed by atoms with Crippen LogP contribution in [-0.2, 0) is 45.3 Å². The number of aryl methyl sites for hydroxylation is 1. The monoisotopic (exact) mass is 828 g/mol. The van der Waals surface area contributed by atoms with Gasteiger partial charge in [-0.05, 0) is 65.6 Å². The summed E-state index contributed by atoms with van der Waals surface area (Å²) in [7, 11) is -13.3. The molecule has 5 aromatic carbocycles. The summed E-state index contributed by atoms with van der Waals surface area (Å²) in [6.07, 6.45) is 0. The van der Waals surface area contributed by atoms with E-state index in [0.717, 1.165) is 17.0 Å². The number of benzene rings is 5. The molecule has 0 unspecified atom stereocenters. The van der Waals surface area contributed by atoms with Gasteiger partial charge in [0.2, 0.25) is 9.84 Å². The number of aliphatic hydroxyl groups excluding tert-OH is 1. The van der Waals surface area contributed by atoms with Crippen LogP contribution >= 0.6 is 24.1 Å². The molecule has 54 heavy (non-hydrogen) atoms. The van der Waals surface area contributed by atoms with E-state index in [1.54, 1.807) is 37.3 Å². The Morgan fingerprint density at radius 2 is 1.15 bits per heavy atom. The van der Waals surface area contributed by atoms with Gasteiger partial charge in [-0.15, -0.1) is 0 Å². The van der Waals surface area contributed by atoms with E-state index < -0.39 is 39.9 Å². The van der Waals surface area contributed by atoms with Crippen LogP contribution < -0.4 is 27.3 Å². The van der Waals surface area contributed by atoms with Gasteiger partial charge in [0.05, 0.1) is 50.3 Å². The molecule has 0 atom stereocenters. The van der Waals surface area contributed by atoms with Gasteiger partial charge in [0, 0.05) is 9.79 Å². The van der Waals surface area contributed by atoms with E-state index in [2.05, 4.69) is 8.67 Å². The number of hydrogen-bond acceptors (Lipinski definition) is 13. The lowest BCUT2D eigenvalue weighted by Gasteiger charge is -2.14. The first-order valence-electron chi connectivity index (χ1n) is 15.9. The summed E-state index contributed by atoms with van der Waals surface area (Å²) in [6.45, 7) is 3.43. The normalized spacial score (nSPS) is 12.1. The van der Waals surface area contributed by atoms with Crippen LogP contribution in [0.25, 0.3) is 11.1 Å². The minimum Gasteiger partial charge on any atom is -0.392 e. The molecule has 280 valence electrons. The number of rotatable bonds is 15. The third kappa shape index (κ3) is 9.68. The Kier molecular flexibility index (Phi) is 13.2. The SMILES string of the molecule is CBc1cc(Bc2ccc(-c3ccc(Bc4ccc(S(=O)(=O)c5ccc(C)c(SOO)c5)cc4S(=O)(=O)O)c(SOO)c3)cc2S(=O)(=O)O)cc(CO)c1. The smallest absolute Gasteiger partial charge is 0.294 e. The van der Waals surface area contributed by atoms with Crippen LogP contribution in [0.4, 0.5) is 0 Å². The van der Waals surface area contributed by atoms with E-state index in [9.17, 15) is 44.7 Å². The molecule has 5 rings (SSSR count). The Bertz CT molecular complexity index is 2530. The van der Waals surface area contributed by atoms with Crippen molar-refractivity contribution < 1.29 is 58.6 Å². The van der Waals surface area contributed by atoms with E-state index in [1.165, 1.54) is 42.5 Å². The molecule has 0 saturated heterocycles. The Labute approximate surface area is 323 Å². The largest absolute Gasteiger partial charge is 0.392 e. The van der Waals surface area contributed by atoms with Crippen molar-refractivity contribution in [2.24, 2.45) is 0 Å². The zero-order valence-corrected chi connectivity index (χ0v) is 32.6. The molecule has 0 aliphatic heterocycles. The van der Waals surface area contributed by atoms with Crippen molar-refractivity contribution in [2.75, 3.05) is 0 Å². The molecule has 0 aromatic heterocycles. The fourth-order valence-corrected chi connectivity index (χ4v) is 9.80. The Morgan fingerprint density at radius 1 is 0.611 bits per heavy atom. The third-order valence-electron chi connectivity index (χ3n) is 8.58. The molecule has 5 aromatic rings. The first kappa shape index (κ1) is 41.7. The highest BCUT2D eigenvalue weighted by atomic mass is 32.2. The fourth-order valence-electron chi connectivity index (χ4n) is 5.88. The van der Waals surface area contributed by atoms with Crippen molar-refractivity contribution in [3.8, 4) is 11.1 Å². The van der Waals surface area contributed by atoms with Gasteiger partial charge in [-0.3, -0.25) is 9.11 Å². The fraction of sp³-hybridized carbons (Fsp3) is 0.0909. The highest BCUT2D eigenvalue weighted by Gasteiger charge is 2.26. The first-order chi connectivity index (χ1) is 25.5. The number of aliphatic hydroxyl groups is 1. The molecule has 0 bridgehead atoms. The van der Waals surface area contributed by atoms with Crippen LogP contribution in [0.3, 0.4) is 0 Å². The topological polar surface area (TPSA) is 222 Å². The molecule has 0 fully saturated rings. The van der Waals surface area contributed by atoms with Crippen LogP contribution in [0, 0.1) is 6.92 Å². The Hall–Kier alpha value is -3.44. The minimum atomic E-state index is -4.97. The molecule has 0 saturated carbocycles. The summed E-state index contributed by atoms with van der Waals surface area (Å²) in [5.41, 5.74) is 4.47. The summed E-state index contributed by atoms with van der Waals surface area (Å²) >= 11 is 1.03. The maximum atomic E-state index is 13.5. The van der Waals surface area contributed by atoms with Gasteiger partial charge < -0.3 is 5.11 Å². The predicted octanol–water partition coefficient (Wildman–Crippen LogP) is 1.36. The molecular formula is C33H31B3O13S5. The van der Waals surface area contributed by atoms with E-state index >= 15 is 0 Å². The second-order valence-corrected chi connectivity index (χ2v) is 18.4. The molecule has 0 radical (unpaired) electrons. The molecule has 13 nitrogen and oxygen atoms in total. The average molecular weight is 828 g/mol. The van der Waals surface area contributed by atoms with Gasteiger partial charge in [-0.2, -0.15) is 25.5 Å². The van der Waals surface area contributed by atoms with Crippen molar-refractivity contribution in [2.45, 2.75) is 49.7 Å². The van der Waals surface area contributed by atoms with Crippen LogP contribution in [-0.4, -0.2) is 71.8 Å². The number of sulfone groups is 1. The van der Waals surface area contributed by atoms with Crippen LogP contribution in [0.5, 0.6) is 0 Å². The molecule has 0 aliphatic rings. The van der Waals surface area contributed by atoms with E-state index in [1.807, 2.05) is 19.0 Å². The summed E-state index contributed by atoms with van der Waals surface area (Å²) in [5.74, 6) is 0. The molecule has 0 heterocycles. The lowest BCUT2D eigenvalue weighted by atomic mass is 9.61. The standard InChI is InChI=1S/C33H31B3O13S5/c1-19-3-6-25(16-30(19)50-48-38)52(40,41)26-7-10-29(33(17-26)54(45,46)47)36-27-8-4-21(13-31(27)51-49-39)22-5-9-28(32(14-22)53(42,43)44)35-24-12-20(18-37)11-23(15-24)34-2/h3-17,34-39H,18H2,1-2H3,(H,42,43,44)(H,45,46,47). The molecule has 0 amide bonds. The van der Waals surface area contributed by atoms with Crippen LogP contribution in [0.15, 0.2) is 120 Å². The molecule has 5 N–H and O–H groups in total. The van der Waals surface area contributed by atoms with E-state index in [4.69, 9.17) is 5.26 Å². The summed E-state index contributed by atoms with van der Waals surface area (Å²) in [4.78, 5) is -1.11. The quantitative estimate of drug-likeness (QED) is 0.0331. The predicted molar refractivity (Wildman–Crippen MR) is 212 cm³/mol. The summed E-state index contributed by atoms with van der Waals surface area (Å²) in [6, 6.07) is 22.0. The van der Waals surface area contributed by atoms with Crippen molar-refractivity contribution >= 4 is 103 Å². The van der Waals surface area contributed by atoms with Crippen molar-refractivity contribution in [3.05, 3.63) is 102 Å². The van der Waals surface area contributed by atoms with E-state index in [-0.39, 0.29) is 41.3 Å². The van der Waals surface area contributed by atoms with Gasteiger partial charge in [-0.25, -0.2) is 18.9 Å². The molecule has 0 aliphatic carbocycles. The second kappa shape index (κ2) is 17.1. The summed E-state index contributed by atoms with van der Waals surface area (Å²) in [5, 5.41) is 27.9. The van der Waals surface area contributed by atoms with Gasteiger partial charge in [0.25, 0.3) is 20.2 Å². The zero-order chi connectivity index (χ0) is 39.4.